The lowest BCUT2D eigenvalue weighted by molar-refractivity contribution is 0.196. The van der Waals surface area contributed by atoms with Crippen LogP contribution in [0.4, 0.5) is 0 Å². The van der Waals surface area contributed by atoms with E-state index in [9.17, 15) is 13.2 Å². The fourth-order valence-electron chi connectivity index (χ4n) is 4.41. The van der Waals surface area contributed by atoms with Gasteiger partial charge in [0.2, 0.25) is 15.7 Å². The molecule has 196 valence electrons. The van der Waals surface area contributed by atoms with Crippen LogP contribution in [0.1, 0.15) is 52.3 Å². The molecule has 1 saturated heterocycles. The standard InChI is InChI=1S/C24H35N7O4S/c1-4-7-8-9-10-21-26-27-23-24(32)25-22(28-31(21)23)19-17-18(11-12-20(19)35-6-3)36(33,34)30-15-13-29(5-2)14-16-30/h11-12,17H,4-10,13-16H2,1-3H3,(H,25,28,32). The van der Waals surface area contributed by atoms with Gasteiger partial charge in [-0.05, 0) is 38.1 Å². The van der Waals surface area contributed by atoms with Crippen LogP contribution in [-0.2, 0) is 16.4 Å². The van der Waals surface area contributed by atoms with E-state index >= 15 is 0 Å². The zero-order valence-electron chi connectivity index (χ0n) is 21.2. The fraction of sp³-hybridized carbons (Fsp3) is 0.583. The molecule has 0 amide bonds. The molecule has 1 aliphatic heterocycles. The van der Waals surface area contributed by atoms with E-state index in [1.807, 2.05) is 6.92 Å². The minimum Gasteiger partial charge on any atom is -0.493 e. The minimum absolute atomic E-state index is 0.111. The van der Waals surface area contributed by atoms with Crippen LogP contribution in [0.2, 0.25) is 0 Å². The average Bonchev–Trinajstić information content (AvgIpc) is 3.30. The number of nitrogens with one attached hydrogen (secondary N) is 1. The van der Waals surface area contributed by atoms with Gasteiger partial charge in [-0.1, -0.05) is 33.1 Å². The molecular weight excluding hydrogens is 482 g/mol. The fourth-order valence-corrected chi connectivity index (χ4v) is 5.85. The zero-order chi connectivity index (χ0) is 25.7. The number of rotatable bonds is 11. The predicted molar refractivity (Wildman–Crippen MR) is 137 cm³/mol. The maximum absolute atomic E-state index is 13.4. The number of fused-ring (bicyclic) bond motifs is 1. The van der Waals surface area contributed by atoms with Gasteiger partial charge in [-0.2, -0.15) is 8.82 Å². The van der Waals surface area contributed by atoms with Crippen LogP contribution in [0.25, 0.3) is 17.0 Å². The summed E-state index contributed by atoms with van der Waals surface area (Å²) in [6, 6.07) is 4.70. The molecule has 0 bridgehead atoms. The number of aromatic nitrogens is 5. The van der Waals surface area contributed by atoms with Gasteiger partial charge in [0.25, 0.3) is 5.56 Å². The third kappa shape index (κ3) is 5.45. The van der Waals surface area contributed by atoms with Gasteiger partial charge in [0.05, 0.1) is 17.1 Å². The third-order valence-electron chi connectivity index (χ3n) is 6.52. The number of aromatic amines is 1. The van der Waals surface area contributed by atoms with Crippen molar-refractivity contribution < 1.29 is 13.2 Å². The number of hydrogen-bond acceptors (Lipinski definition) is 8. The summed E-state index contributed by atoms with van der Waals surface area (Å²) in [6.07, 6.45) is 4.87. The molecule has 0 radical (unpaired) electrons. The van der Waals surface area contributed by atoms with Crippen LogP contribution in [-0.4, -0.2) is 81.7 Å². The van der Waals surface area contributed by atoms with Gasteiger partial charge in [0.1, 0.15) is 5.75 Å². The zero-order valence-corrected chi connectivity index (χ0v) is 22.1. The van der Waals surface area contributed by atoms with Gasteiger partial charge in [0, 0.05) is 32.6 Å². The van der Waals surface area contributed by atoms with E-state index in [0.29, 0.717) is 56.3 Å². The SMILES string of the molecule is CCCCCCc1nnc2c(=O)[nH]c(-c3cc(S(=O)(=O)N4CCN(CC)CC4)ccc3OCC)nn12. The van der Waals surface area contributed by atoms with E-state index in [2.05, 4.69) is 39.0 Å². The second-order valence-electron chi connectivity index (χ2n) is 8.89. The van der Waals surface area contributed by atoms with Crippen LogP contribution >= 0.6 is 0 Å². The maximum atomic E-state index is 13.4. The molecule has 36 heavy (non-hydrogen) atoms. The highest BCUT2D eigenvalue weighted by molar-refractivity contribution is 7.89. The van der Waals surface area contributed by atoms with Crippen molar-refractivity contribution in [2.45, 2.75) is 57.8 Å². The Morgan fingerprint density at radius 3 is 2.50 bits per heavy atom. The monoisotopic (exact) mass is 517 g/mol. The molecule has 0 aliphatic carbocycles. The van der Waals surface area contributed by atoms with Crippen LogP contribution in [0.3, 0.4) is 0 Å². The van der Waals surface area contributed by atoms with Crippen molar-refractivity contribution >= 4 is 15.7 Å². The number of benzene rings is 1. The van der Waals surface area contributed by atoms with Crippen LogP contribution in [0.5, 0.6) is 5.75 Å². The Morgan fingerprint density at radius 2 is 1.81 bits per heavy atom. The molecule has 1 N–H and O–H groups in total. The van der Waals surface area contributed by atoms with Crippen molar-refractivity contribution in [1.29, 1.82) is 0 Å². The molecule has 3 heterocycles. The topological polar surface area (TPSA) is 126 Å². The lowest BCUT2D eigenvalue weighted by Crippen LogP contribution is -2.48. The average molecular weight is 518 g/mol. The number of nitrogens with zero attached hydrogens (tertiary/aromatic N) is 6. The van der Waals surface area contributed by atoms with Crippen LogP contribution < -0.4 is 10.3 Å². The lowest BCUT2D eigenvalue weighted by atomic mass is 10.1. The first-order valence-electron chi connectivity index (χ1n) is 12.7. The van der Waals surface area contributed by atoms with E-state index in [1.165, 1.54) is 14.9 Å². The molecule has 3 aromatic rings. The summed E-state index contributed by atoms with van der Waals surface area (Å²) < 4.78 is 35.6. The highest BCUT2D eigenvalue weighted by Crippen LogP contribution is 2.31. The lowest BCUT2D eigenvalue weighted by Gasteiger charge is -2.33. The number of likely N-dealkylation sites (N-methyl/N-ethyl adjacent to an activating group) is 1. The highest BCUT2D eigenvalue weighted by Gasteiger charge is 2.29. The molecule has 12 heteroatoms. The summed E-state index contributed by atoms with van der Waals surface area (Å²) in [5, 5.41) is 12.8. The molecule has 1 aliphatic rings. The number of sulfonamides is 1. The Kier molecular flexibility index (Phi) is 8.37. The Balaban J connectivity index is 1.72. The molecule has 0 atom stereocenters. The van der Waals surface area contributed by atoms with Crippen molar-refractivity contribution in [3.63, 3.8) is 0 Å². The highest BCUT2D eigenvalue weighted by atomic mass is 32.2. The van der Waals surface area contributed by atoms with E-state index in [1.54, 1.807) is 12.1 Å². The molecule has 4 rings (SSSR count). The summed E-state index contributed by atoms with van der Waals surface area (Å²) >= 11 is 0. The second kappa shape index (κ2) is 11.5. The summed E-state index contributed by atoms with van der Waals surface area (Å²) in [5.74, 6) is 1.25. The first-order valence-corrected chi connectivity index (χ1v) is 14.2. The summed E-state index contributed by atoms with van der Waals surface area (Å²) in [5.41, 5.74) is 0.0632. The van der Waals surface area contributed by atoms with Crippen LogP contribution in [0, 0.1) is 0 Å². The van der Waals surface area contributed by atoms with Gasteiger partial charge < -0.3 is 14.6 Å². The van der Waals surface area contributed by atoms with E-state index in [0.717, 1.165) is 32.2 Å². The van der Waals surface area contributed by atoms with Gasteiger partial charge >= 0.3 is 0 Å². The third-order valence-corrected chi connectivity index (χ3v) is 8.41. The molecule has 0 unspecified atom stereocenters. The smallest absolute Gasteiger partial charge is 0.296 e. The Labute approximate surface area is 211 Å². The van der Waals surface area contributed by atoms with Gasteiger partial charge in [-0.3, -0.25) is 4.79 Å². The van der Waals surface area contributed by atoms with Crippen molar-refractivity contribution in [3.05, 3.63) is 34.4 Å². The first-order chi connectivity index (χ1) is 17.4. The molecule has 1 fully saturated rings. The molecule has 1 aromatic carbocycles. The van der Waals surface area contributed by atoms with E-state index < -0.39 is 15.6 Å². The predicted octanol–water partition coefficient (Wildman–Crippen LogP) is 2.33. The first kappa shape index (κ1) is 26.2. The molecule has 0 saturated carbocycles. The number of H-pyrrole nitrogens is 1. The summed E-state index contributed by atoms with van der Waals surface area (Å²) in [6.45, 7) is 9.58. The Hall–Kier alpha value is -2.83. The second-order valence-corrected chi connectivity index (χ2v) is 10.8. The molecular formula is C24H35N7O4S. The van der Waals surface area contributed by atoms with E-state index in [-0.39, 0.29) is 16.4 Å². The van der Waals surface area contributed by atoms with Crippen molar-refractivity contribution in [2.24, 2.45) is 0 Å². The number of hydrogen-bond donors (Lipinski definition) is 1. The summed E-state index contributed by atoms with van der Waals surface area (Å²) in [4.78, 5) is 17.9. The van der Waals surface area contributed by atoms with Crippen LogP contribution in [0.15, 0.2) is 27.9 Å². The molecule has 0 spiro atoms. The largest absolute Gasteiger partial charge is 0.493 e. The number of piperazine rings is 1. The number of aryl methyl sites for hydroxylation is 1. The molecule has 2 aromatic heterocycles. The maximum Gasteiger partial charge on any atom is 0.296 e. The van der Waals surface area contributed by atoms with Crippen molar-refractivity contribution in [1.82, 2.24) is 34.0 Å². The van der Waals surface area contributed by atoms with Gasteiger partial charge in [-0.25, -0.2) is 8.42 Å². The number of ether oxygens (including phenoxy) is 1. The Bertz CT molecular complexity index is 1340. The van der Waals surface area contributed by atoms with Crippen molar-refractivity contribution in [3.8, 4) is 17.1 Å². The number of unbranched alkanes of at least 4 members (excludes halogenated alkanes) is 3. The van der Waals surface area contributed by atoms with E-state index in [4.69, 9.17) is 4.74 Å². The quantitative estimate of drug-likeness (QED) is 0.384. The van der Waals surface area contributed by atoms with Crippen molar-refractivity contribution in [2.75, 3.05) is 39.3 Å². The minimum atomic E-state index is -3.72. The summed E-state index contributed by atoms with van der Waals surface area (Å²) in [7, 11) is -3.72. The van der Waals surface area contributed by atoms with Gasteiger partial charge in [0.15, 0.2) is 11.6 Å². The molecule has 11 nitrogen and oxygen atoms in total. The van der Waals surface area contributed by atoms with Gasteiger partial charge in [-0.15, -0.1) is 15.3 Å². The Morgan fingerprint density at radius 1 is 1.03 bits per heavy atom. The normalized spacial score (nSPS) is 15.5.